The van der Waals surface area contributed by atoms with Crippen molar-refractivity contribution in [3.63, 3.8) is 0 Å². The average Bonchev–Trinajstić information content (AvgIpc) is 3.10. The van der Waals surface area contributed by atoms with Crippen molar-refractivity contribution in [2.24, 2.45) is 0 Å². The number of rotatable bonds is 7. The predicted octanol–water partition coefficient (Wildman–Crippen LogP) is 3.80. The highest BCUT2D eigenvalue weighted by Crippen LogP contribution is 2.49. The summed E-state index contributed by atoms with van der Waals surface area (Å²) in [5, 5.41) is 11.1. The Morgan fingerprint density at radius 1 is 0.774 bits per heavy atom. The van der Waals surface area contributed by atoms with Crippen molar-refractivity contribution in [2.75, 3.05) is 6.61 Å². The minimum absolute atomic E-state index is 0.163. The summed E-state index contributed by atoms with van der Waals surface area (Å²) in [5.74, 6) is 0. The highest BCUT2D eigenvalue weighted by molar-refractivity contribution is 5.30. The molecule has 2 saturated heterocycles. The lowest BCUT2D eigenvalue weighted by Gasteiger charge is -2.40. The molecule has 5 heteroatoms. The number of benzene rings is 3. The van der Waals surface area contributed by atoms with Crippen LogP contribution in [0.15, 0.2) is 91.0 Å². The first-order valence-corrected chi connectivity index (χ1v) is 10.6. The van der Waals surface area contributed by atoms with Crippen molar-refractivity contribution in [2.45, 2.75) is 43.4 Å². The standard InChI is InChI=1S/C26H26O5/c27-22-18-30-25-23(28-16-19-10-4-1-5-11-19)24(29-17-20-12-6-2-7-13-20)26(22,31-25)21-14-8-3-9-15-21/h1-15,22-25,27H,16-18H2/t22-,23-,24-,25+,26+/m1/s1. The molecule has 0 saturated carbocycles. The summed E-state index contributed by atoms with van der Waals surface area (Å²) in [6, 6.07) is 29.7. The van der Waals surface area contributed by atoms with E-state index in [0.717, 1.165) is 16.7 Å². The first-order chi connectivity index (χ1) is 15.3. The fourth-order valence-corrected chi connectivity index (χ4v) is 4.45. The lowest BCUT2D eigenvalue weighted by molar-refractivity contribution is -0.284. The summed E-state index contributed by atoms with van der Waals surface area (Å²) >= 11 is 0. The fraction of sp³-hybridized carbons (Fsp3) is 0.308. The highest BCUT2D eigenvalue weighted by Gasteiger charge is 2.64. The molecule has 5 nitrogen and oxygen atoms in total. The zero-order valence-corrected chi connectivity index (χ0v) is 17.2. The Bertz CT molecular complexity index is 965. The molecule has 2 fully saturated rings. The maximum absolute atomic E-state index is 11.1. The van der Waals surface area contributed by atoms with E-state index in [2.05, 4.69) is 0 Å². The molecule has 2 aliphatic rings. The van der Waals surface area contributed by atoms with Crippen molar-refractivity contribution >= 4 is 0 Å². The molecule has 3 aromatic carbocycles. The monoisotopic (exact) mass is 418 g/mol. The molecule has 1 N–H and O–H groups in total. The molecule has 0 radical (unpaired) electrons. The van der Waals surface area contributed by atoms with Gasteiger partial charge < -0.3 is 24.1 Å². The van der Waals surface area contributed by atoms with Crippen LogP contribution in [0.4, 0.5) is 0 Å². The first kappa shape index (κ1) is 20.4. The molecule has 2 aliphatic heterocycles. The Morgan fingerprint density at radius 3 is 1.94 bits per heavy atom. The van der Waals surface area contributed by atoms with Gasteiger partial charge in [0.25, 0.3) is 0 Å². The molecule has 3 aromatic rings. The number of fused-ring (bicyclic) bond motifs is 2. The third-order valence-electron chi connectivity index (χ3n) is 6.00. The smallest absolute Gasteiger partial charge is 0.187 e. The third kappa shape index (κ3) is 3.91. The first-order valence-electron chi connectivity index (χ1n) is 10.6. The number of ether oxygens (including phenoxy) is 4. The topological polar surface area (TPSA) is 57.2 Å². The molecule has 0 spiro atoms. The fourth-order valence-electron chi connectivity index (χ4n) is 4.45. The Labute approximate surface area is 182 Å². The van der Waals surface area contributed by atoms with Crippen molar-refractivity contribution in [3.8, 4) is 0 Å². The van der Waals surface area contributed by atoms with Gasteiger partial charge in [0.1, 0.15) is 18.3 Å². The zero-order chi connectivity index (χ0) is 21.1. The molecular formula is C26H26O5. The summed E-state index contributed by atoms with van der Waals surface area (Å²) in [4.78, 5) is 0. The Hall–Kier alpha value is -2.54. The number of hydrogen-bond acceptors (Lipinski definition) is 5. The van der Waals surface area contributed by atoms with Crippen LogP contribution in [0.25, 0.3) is 0 Å². The van der Waals surface area contributed by atoms with Crippen LogP contribution in [0.5, 0.6) is 0 Å². The van der Waals surface area contributed by atoms with Crippen molar-refractivity contribution in [1.29, 1.82) is 0 Å². The maximum atomic E-state index is 11.1. The highest BCUT2D eigenvalue weighted by atomic mass is 16.8. The van der Waals surface area contributed by atoms with E-state index in [0.29, 0.717) is 13.2 Å². The summed E-state index contributed by atoms with van der Waals surface area (Å²) in [6.07, 6.45) is -2.52. The van der Waals surface area contributed by atoms with E-state index in [1.807, 2.05) is 91.0 Å². The predicted molar refractivity (Wildman–Crippen MR) is 115 cm³/mol. The third-order valence-corrected chi connectivity index (χ3v) is 6.00. The van der Waals surface area contributed by atoms with Gasteiger partial charge in [0, 0.05) is 0 Å². The van der Waals surface area contributed by atoms with Crippen LogP contribution in [-0.4, -0.2) is 36.3 Å². The summed E-state index contributed by atoms with van der Waals surface area (Å²) in [7, 11) is 0. The largest absolute Gasteiger partial charge is 0.387 e. The zero-order valence-electron chi connectivity index (χ0n) is 17.2. The van der Waals surface area contributed by atoms with E-state index in [9.17, 15) is 5.11 Å². The van der Waals surface area contributed by atoms with Gasteiger partial charge in [0.2, 0.25) is 0 Å². The molecule has 0 aliphatic carbocycles. The van der Waals surface area contributed by atoms with Crippen LogP contribution >= 0.6 is 0 Å². The molecule has 5 rings (SSSR count). The Morgan fingerprint density at radius 2 is 1.32 bits per heavy atom. The van der Waals surface area contributed by atoms with E-state index in [4.69, 9.17) is 18.9 Å². The normalized spacial score (nSPS) is 29.7. The molecule has 5 atom stereocenters. The van der Waals surface area contributed by atoms with E-state index in [1.54, 1.807) is 0 Å². The van der Waals surface area contributed by atoms with E-state index in [-0.39, 0.29) is 6.61 Å². The molecular weight excluding hydrogens is 392 g/mol. The van der Waals surface area contributed by atoms with Crippen molar-refractivity contribution in [1.82, 2.24) is 0 Å². The van der Waals surface area contributed by atoms with Gasteiger partial charge in [-0.2, -0.15) is 0 Å². The van der Waals surface area contributed by atoms with Gasteiger partial charge in [-0.25, -0.2) is 0 Å². The van der Waals surface area contributed by atoms with Crippen LogP contribution in [0.1, 0.15) is 16.7 Å². The van der Waals surface area contributed by atoms with Crippen LogP contribution in [0.2, 0.25) is 0 Å². The van der Waals surface area contributed by atoms with Crippen LogP contribution < -0.4 is 0 Å². The second kappa shape index (κ2) is 8.91. The van der Waals surface area contributed by atoms with Gasteiger partial charge in [-0.3, -0.25) is 0 Å². The van der Waals surface area contributed by atoms with Gasteiger partial charge in [-0.1, -0.05) is 91.0 Å². The van der Waals surface area contributed by atoms with Gasteiger partial charge in [-0.15, -0.1) is 0 Å². The van der Waals surface area contributed by atoms with Gasteiger partial charge >= 0.3 is 0 Å². The Kier molecular flexibility index (Phi) is 5.85. The molecule has 2 heterocycles. The van der Waals surface area contributed by atoms with Gasteiger partial charge in [0.05, 0.1) is 19.8 Å². The van der Waals surface area contributed by atoms with E-state index >= 15 is 0 Å². The molecule has 160 valence electrons. The second-order valence-electron chi connectivity index (χ2n) is 7.97. The van der Waals surface area contributed by atoms with Gasteiger partial charge in [-0.05, 0) is 16.7 Å². The van der Waals surface area contributed by atoms with Crippen LogP contribution in [-0.2, 0) is 37.8 Å². The molecule has 0 unspecified atom stereocenters. The summed E-state index contributed by atoms with van der Waals surface area (Å²) in [6.45, 7) is 0.949. The van der Waals surface area contributed by atoms with E-state index in [1.165, 1.54) is 0 Å². The molecule has 2 bridgehead atoms. The SMILES string of the molecule is O[C@@H]1CO[C@H]2O[C@]1(c1ccccc1)[C@H](OCc1ccccc1)[C@H]2OCc1ccccc1. The molecule has 0 aromatic heterocycles. The minimum atomic E-state index is -1.06. The molecule has 31 heavy (non-hydrogen) atoms. The quantitative estimate of drug-likeness (QED) is 0.633. The Balaban J connectivity index is 1.47. The number of aliphatic hydroxyl groups excluding tert-OH is 1. The van der Waals surface area contributed by atoms with Crippen molar-refractivity contribution < 1.29 is 24.1 Å². The summed E-state index contributed by atoms with van der Waals surface area (Å²) in [5.41, 5.74) is 1.91. The number of hydrogen-bond donors (Lipinski definition) is 1. The van der Waals surface area contributed by atoms with Crippen LogP contribution in [0, 0.1) is 0 Å². The maximum Gasteiger partial charge on any atom is 0.187 e. The average molecular weight is 418 g/mol. The lowest BCUT2D eigenvalue weighted by atomic mass is 9.82. The number of aliphatic hydroxyl groups is 1. The van der Waals surface area contributed by atoms with Crippen molar-refractivity contribution in [3.05, 3.63) is 108 Å². The minimum Gasteiger partial charge on any atom is -0.387 e. The molecule has 0 amide bonds. The van der Waals surface area contributed by atoms with E-state index < -0.39 is 30.2 Å². The second-order valence-corrected chi connectivity index (χ2v) is 7.97. The van der Waals surface area contributed by atoms with Crippen LogP contribution in [0.3, 0.4) is 0 Å². The lowest BCUT2D eigenvalue weighted by Crippen LogP contribution is -2.53. The summed E-state index contributed by atoms with van der Waals surface area (Å²) < 4.78 is 25.0. The van der Waals surface area contributed by atoms with Gasteiger partial charge in [0.15, 0.2) is 11.9 Å².